The molecular formula is C17H14N4O3S2. The van der Waals surface area contributed by atoms with Crippen molar-refractivity contribution in [2.75, 3.05) is 7.11 Å². The van der Waals surface area contributed by atoms with E-state index in [1.54, 1.807) is 29.2 Å². The van der Waals surface area contributed by atoms with Gasteiger partial charge in [0.2, 0.25) is 5.16 Å². The predicted octanol–water partition coefficient (Wildman–Crippen LogP) is 3.19. The summed E-state index contributed by atoms with van der Waals surface area (Å²) in [7, 11) is 1.58. The number of hydrogen-bond acceptors (Lipinski definition) is 8. The topological polar surface area (TPSA) is 83.0 Å². The Bertz CT molecular complexity index is 1090. The fraction of sp³-hybridized carbons (Fsp3) is 0.176. The summed E-state index contributed by atoms with van der Waals surface area (Å²) in [5.41, 5.74) is 0.986. The SMILES string of the molecule is COc1ccc2c(CSc3nnnn3Cc3cccs3)cc(=O)oc2c1. The van der Waals surface area contributed by atoms with Gasteiger partial charge in [-0.15, -0.1) is 16.4 Å². The summed E-state index contributed by atoms with van der Waals surface area (Å²) in [4.78, 5) is 13.1. The van der Waals surface area contributed by atoms with Crippen LogP contribution in [0.4, 0.5) is 0 Å². The summed E-state index contributed by atoms with van der Waals surface area (Å²) in [5.74, 6) is 1.20. The van der Waals surface area contributed by atoms with Gasteiger partial charge in [-0.2, -0.15) is 0 Å². The number of ether oxygens (including phenoxy) is 1. The maximum Gasteiger partial charge on any atom is 0.336 e. The molecule has 0 atom stereocenters. The minimum Gasteiger partial charge on any atom is -0.497 e. The lowest BCUT2D eigenvalue weighted by Gasteiger charge is -2.07. The zero-order valence-electron chi connectivity index (χ0n) is 13.8. The molecule has 3 aromatic heterocycles. The van der Waals surface area contributed by atoms with Gasteiger partial charge in [-0.05, 0) is 39.6 Å². The molecule has 9 heteroatoms. The van der Waals surface area contributed by atoms with E-state index in [1.165, 1.54) is 22.7 Å². The summed E-state index contributed by atoms with van der Waals surface area (Å²) < 4.78 is 12.2. The quantitative estimate of drug-likeness (QED) is 0.372. The van der Waals surface area contributed by atoms with Crippen molar-refractivity contribution in [1.82, 2.24) is 20.2 Å². The first-order valence-electron chi connectivity index (χ1n) is 7.75. The lowest BCUT2D eigenvalue weighted by molar-refractivity contribution is 0.414. The van der Waals surface area contributed by atoms with Gasteiger partial charge in [-0.25, -0.2) is 9.48 Å². The average Bonchev–Trinajstić information content (AvgIpc) is 3.31. The summed E-state index contributed by atoms with van der Waals surface area (Å²) in [6.45, 7) is 0.627. The Morgan fingerprint density at radius 3 is 3.04 bits per heavy atom. The summed E-state index contributed by atoms with van der Waals surface area (Å²) in [5, 5.41) is 15.5. The van der Waals surface area contributed by atoms with Gasteiger partial charge in [-0.1, -0.05) is 17.8 Å². The number of benzene rings is 1. The molecule has 1 aromatic carbocycles. The van der Waals surface area contributed by atoms with Gasteiger partial charge in [0, 0.05) is 28.1 Å². The van der Waals surface area contributed by atoms with E-state index < -0.39 is 0 Å². The second-order valence-corrected chi connectivity index (χ2v) is 7.41. The van der Waals surface area contributed by atoms with E-state index >= 15 is 0 Å². The Balaban J connectivity index is 1.59. The maximum absolute atomic E-state index is 11.9. The smallest absolute Gasteiger partial charge is 0.336 e. The molecule has 0 aliphatic heterocycles. The number of thioether (sulfide) groups is 1. The van der Waals surface area contributed by atoms with E-state index in [9.17, 15) is 4.79 Å². The molecule has 0 saturated heterocycles. The Morgan fingerprint density at radius 1 is 1.31 bits per heavy atom. The van der Waals surface area contributed by atoms with Crippen molar-refractivity contribution in [3.63, 3.8) is 0 Å². The molecule has 0 radical (unpaired) electrons. The van der Waals surface area contributed by atoms with Crippen LogP contribution in [0, 0.1) is 0 Å². The first-order valence-corrected chi connectivity index (χ1v) is 9.61. The molecule has 4 aromatic rings. The number of thiophene rings is 1. The largest absolute Gasteiger partial charge is 0.497 e. The monoisotopic (exact) mass is 386 g/mol. The molecule has 0 N–H and O–H groups in total. The molecule has 0 amide bonds. The molecule has 0 fully saturated rings. The highest BCUT2D eigenvalue weighted by atomic mass is 32.2. The van der Waals surface area contributed by atoms with Crippen LogP contribution in [0.1, 0.15) is 10.4 Å². The zero-order valence-corrected chi connectivity index (χ0v) is 15.4. The number of tetrazole rings is 1. The van der Waals surface area contributed by atoms with Gasteiger partial charge in [-0.3, -0.25) is 0 Å². The summed E-state index contributed by atoms with van der Waals surface area (Å²) in [6, 6.07) is 11.0. The van der Waals surface area contributed by atoms with Crippen LogP contribution in [0.5, 0.6) is 5.75 Å². The fourth-order valence-electron chi connectivity index (χ4n) is 2.55. The van der Waals surface area contributed by atoms with Crippen molar-refractivity contribution in [1.29, 1.82) is 0 Å². The number of aromatic nitrogens is 4. The molecule has 0 bridgehead atoms. The Kier molecular flexibility index (Phi) is 4.72. The van der Waals surface area contributed by atoms with Crippen LogP contribution in [-0.2, 0) is 12.3 Å². The third kappa shape index (κ3) is 3.49. The third-order valence-electron chi connectivity index (χ3n) is 3.78. The van der Waals surface area contributed by atoms with Gasteiger partial charge in [0.15, 0.2) is 0 Å². The fourth-order valence-corrected chi connectivity index (χ4v) is 4.10. The van der Waals surface area contributed by atoms with Crippen LogP contribution in [-0.4, -0.2) is 27.3 Å². The molecule has 7 nitrogen and oxygen atoms in total. The van der Waals surface area contributed by atoms with E-state index in [4.69, 9.17) is 9.15 Å². The number of fused-ring (bicyclic) bond motifs is 1. The number of methoxy groups -OCH3 is 1. The lowest BCUT2D eigenvalue weighted by atomic mass is 10.1. The number of nitrogens with zero attached hydrogens (tertiary/aromatic N) is 4. The van der Waals surface area contributed by atoms with Gasteiger partial charge in [0.1, 0.15) is 11.3 Å². The average molecular weight is 386 g/mol. The molecule has 3 heterocycles. The highest BCUT2D eigenvalue weighted by molar-refractivity contribution is 7.98. The van der Waals surface area contributed by atoms with E-state index in [0.717, 1.165) is 10.9 Å². The van der Waals surface area contributed by atoms with E-state index in [0.29, 0.717) is 28.8 Å². The standard InChI is InChI=1S/C17H14N4O3S2/c1-23-12-4-5-14-11(7-16(22)24-15(14)8-12)10-26-17-18-19-20-21(17)9-13-3-2-6-25-13/h2-8H,9-10H2,1H3. The summed E-state index contributed by atoms with van der Waals surface area (Å²) >= 11 is 3.14. The normalized spacial score (nSPS) is 11.1. The Hall–Kier alpha value is -2.65. The second-order valence-electron chi connectivity index (χ2n) is 5.44. The minimum atomic E-state index is -0.389. The third-order valence-corrected chi connectivity index (χ3v) is 5.65. The summed E-state index contributed by atoms with van der Waals surface area (Å²) in [6.07, 6.45) is 0. The molecule has 0 saturated carbocycles. The molecule has 4 rings (SSSR count). The minimum absolute atomic E-state index is 0.389. The maximum atomic E-state index is 11.9. The number of rotatable bonds is 6. The van der Waals surface area contributed by atoms with Gasteiger partial charge in [0.25, 0.3) is 0 Å². The first-order chi connectivity index (χ1) is 12.7. The van der Waals surface area contributed by atoms with Crippen molar-refractivity contribution in [3.8, 4) is 5.75 Å². The Morgan fingerprint density at radius 2 is 2.23 bits per heavy atom. The van der Waals surface area contributed by atoms with Crippen LogP contribution >= 0.6 is 23.1 Å². The van der Waals surface area contributed by atoms with E-state index in [2.05, 4.69) is 15.5 Å². The van der Waals surface area contributed by atoms with Crippen molar-refractivity contribution in [2.45, 2.75) is 17.5 Å². The van der Waals surface area contributed by atoms with Crippen LogP contribution in [0.15, 0.2) is 56.1 Å². The van der Waals surface area contributed by atoms with E-state index in [1.807, 2.05) is 29.6 Å². The molecular weight excluding hydrogens is 372 g/mol. The van der Waals surface area contributed by atoms with Crippen LogP contribution < -0.4 is 10.4 Å². The van der Waals surface area contributed by atoms with E-state index in [-0.39, 0.29) is 5.63 Å². The number of hydrogen-bond donors (Lipinski definition) is 0. The first kappa shape index (κ1) is 16.8. The molecule has 0 aliphatic rings. The molecule has 0 aliphatic carbocycles. The molecule has 26 heavy (non-hydrogen) atoms. The second kappa shape index (κ2) is 7.30. The lowest BCUT2D eigenvalue weighted by Crippen LogP contribution is -2.03. The van der Waals surface area contributed by atoms with Gasteiger partial charge in [0.05, 0.1) is 13.7 Å². The van der Waals surface area contributed by atoms with Gasteiger partial charge >= 0.3 is 5.63 Å². The molecule has 132 valence electrons. The highest BCUT2D eigenvalue weighted by Crippen LogP contribution is 2.27. The molecule has 0 spiro atoms. The van der Waals surface area contributed by atoms with Gasteiger partial charge < -0.3 is 9.15 Å². The van der Waals surface area contributed by atoms with Crippen molar-refractivity contribution < 1.29 is 9.15 Å². The Labute approximate surface area is 156 Å². The molecule has 0 unspecified atom stereocenters. The van der Waals surface area contributed by atoms with Crippen molar-refractivity contribution in [3.05, 3.63) is 62.6 Å². The zero-order chi connectivity index (χ0) is 17.9. The highest BCUT2D eigenvalue weighted by Gasteiger charge is 2.12. The van der Waals surface area contributed by atoms with Crippen molar-refractivity contribution >= 4 is 34.1 Å². The van der Waals surface area contributed by atoms with Crippen LogP contribution in [0.3, 0.4) is 0 Å². The van der Waals surface area contributed by atoms with Crippen LogP contribution in [0.25, 0.3) is 11.0 Å². The van der Waals surface area contributed by atoms with Crippen LogP contribution in [0.2, 0.25) is 0 Å². The predicted molar refractivity (Wildman–Crippen MR) is 99.8 cm³/mol. The van der Waals surface area contributed by atoms with Crippen molar-refractivity contribution in [2.24, 2.45) is 0 Å².